The van der Waals surface area contributed by atoms with Gasteiger partial charge in [0.05, 0.1) is 0 Å². The fourth-order valence-electron chi connectivity index (χ4n) is 3.74. The van der Waals surface area contributed by atoms with Gasteiger partial charge in [-0.05, 0) is 62.1 Å². The van der Waals surface area contributed by atoms with E-state index in [4.69, 9.17) is 0 Å². The molecule has 1 aromatic rings. The van der Waals surface area contributed by atoms with Crippen molar-refractivity contribution in [1.82, 2.24) is 5.32 Å². The van der Waals surface area contributed by atoms with Gasteiger partial charge in [-0.2, -0.15) is 0 Å². The van der Waals surface area contributed by atoms with E-state index in [0.717, 1.165) is 12.5 Å². The molecule has 0 radical (unpaired) electrons. The van der Waals surface area contributed by atoms with Gasteiger partial charge >= 0.3 is 0 Å². The quantitative estimate of drug-likeness (QED) is 0.772. The average molecular weight is 287 g/mol. The maximum absolute atomic E-state index is 3.75. The van der Waals surface area contributed by atoms with E-state index in [2.05, 4.69) is 51.2 Å². The van der Waals surface area contributed by atoms with Crippen molar-refractivity contribution in [3.05, 3.63) is 34.9 Å². The first-order valence-electron chi connectivity index (χ1n) is 8.78. The van der Waals surface area contributed by atoms with E-state index in [1.807, 2.05) is 0 Å². The van der Waals surface area contributed by atoms with Crippen molar-refractivity contribution in [3.8, 4) is 0 Å². The highest BCUT2D eigenvalue weighted by atomic mass is 14.9. The standard InChI is InChI=1S/C20H33N/c1-16(2)14-21-15-20(10-6-5-7-11-20)13-19-12-17(3)8-9-18(19)4/h8-9,12,16,21H,5-7,10-11,13-15H2,1-4H3. The average Bonchev–Trinajstić information content (AvgIpc) is 2.43. The van der Waals surface area contributed by atoms with Crippen molar-refractivity contribution in [2.75, 3.05) is 13.1 Å². The molecule has 2 rings (SSSR count). The number of hydrogen-bond donors (Lipinski definition) is 1. The van der Waals surface area contributed by atoms with Gasteiger partial charge in [-0.1, -0.05) is 56.9 Å². The molecule has 0 saturated heterocycles. The van der Waals surface area contributed by atoms with Crippen molar-refractivity contribution in [1.29, 1.82) is 0 Å². The zero-order valence-electron chi connectivity index (χ0n) is 14.5. The molecule has 0 atom stereocenters. The fourth-order valence-corrected chi connectivity index (χ4v) is 3.74. The van der Waals surface area contributed by atoms with Crippen molar-refractivity contribution in [2.45, 2.75) is 66.2 Å². The Bertz CT molecular complexity index is 441. The summed E-state index contributed by atoms with van der Waals surface area (Å²) >= 11 is 0. The second-order valence-corrected chi connectivity index (χ2v) is 7.69. The fraction of sp³-hybridized carbons (Fsp3) is 0.700. The van der Waals surface area contributed by atoms with Crippen molar-refractivity contribution < 1.29 is 0 Å². The van der Waals surface area contributed by atoms with E-state index < -0.39 is 0 Å². The minimum Gasteiger partial charge on any atom is -0.316 e. The molecule has 1 aliphatic carbocycles. The van der Waals surface area contributed by atoms with Gasteiger partial charge in [0.2, 0.25) is 0 Å². The van der Waals surface area contributed by atoms with Gasteiger partial charge in [0, 0.05) is 6.54 Å². The molecule has 1 fully saturated rings. The molecule has 1 aliphatic rings. The van der Waals surface area contributed by atoms with Crippen LogP contribution in [-0.4, -0.2) is 13.1 Å². The summed E-state index contributed by atoms with van der Waals surface area (Å²) < 4.78 is 0. The summed E-state index contributed by atoms with van der Waals surface area (Å²) in [5, 5.41) is 3.75. The third-order valence-corrected chi connectivity index (χ3v) is 5.04. The Balaban J connectivity index is 2.09. The monoisotopic (exact) mass is 287 g/mol. The zero-order valence-corrected chi connectivity index (χ0v) is 14.5. The summed E-state index contributed by atoms with van der Waals surface area (Å²) in [5.41, 5.74) is 4.93. The highest BCUT2D eigenvalue weighted by molar-refractivity contribution is 5.31. The molecular weight excluding hydrogens is 254 g/mol. The molecule has 1 nitrogen and oxygen atoms in total. The lowest BCUT2D eigenvalue weighted by molar-refractivity contribution is 0.178. The summed E-state index contributed by atoms with van der Waals surface area (Å²) in [6, 6.07) is 6.94. The van der Waals surface area contributed by atoms with Crippen LogP contribution in [0.5, 0.6) is 0 Å². The smallest absolute Gasteiger partial charge is 0.00111 e. The Labute approximate surface area is 131 Å². The highest BCUT2D eigenvalue weighted by Gasteiger charge is 2.32. The number of aryl methyl sites for hydroxylation is 2. The minimum atomic E-state index is 0.492. The minimum absolute atomic E-state index is 0.492. The van der Waals surface area contributed by atoms with E-state index in [-0.39, 0.29) is 0 Å². The van der Waals surface area contributed by atoms with Crippen LogP contribution in [0.15, 0.2) is 18.2 Å². The lowest BCUT2D eigenvalue weighted by Crippen LogP contribution is -2.39. The Morgan fingerprint density at radius 3 is 2.48 bits per heavy atom. The Kier molecular flexibility index (Phi) is 5.87. The molecule has 0 bridgehead atoms. The number of rotatable bonds is 6. The topological polar surface area (TPSA) is 12.0 Å². The Morgan fingerprint density at radius 2 is 1.81 bits per heavy atom. The van der Waals surface area contributed by atoms with Crippen LogP contribution in [0.3, 0.4) is 0 Å². The molecule has 118 valence electrons. The molecule has 0 heterocycles. The van der Waals surface area contributed by atoms with Crippen molar-refractivity contribution in [2.24, 2.45) is 11.3 Å². The maximum Gasteiger partial charge on any atom is 0.00111 e. The molecule has 0 aromatic heterocycles. The molecule has 21 heavy (non-hydrogen) atoms. The molecule has 1 saturated carbocycles. The molecule has 1 N–H and O–H groups in total. The number of nitrogens with one attached hydrogen (secondary N) is 1. The van der Waals surface area contributed by atoms with E-state index in [1.54, 1.807) is 5.56 Å². The van der Waals surface area contributed by atoms with E-state index in [0.29, 0.717) is 5.41 Å². The number of benzene rings is 1. The third-order valence-electron chi connectivity index (χ3n) is 5.04. The first kappa shape index (κ1) is 16.5. The normalized spacial score (nSPS) is 18.1. The summed E-state index contributed by atoms with van der Waals surface area (Å²) in [6.07, 6.45) is 8.30. The van der Waals surface area contributed by atoms with Crippen LogP contribution in [0.1, 0.15) is 62.6 Å². The van der Waals surface area contributed by atoms with Gasteiger partial charge in [-0.15, -0.1) is 0 Å². The van der Waals surface area contributed by atoms with Crippen molar-refractivity contribution in [3.63, 3.8) is 0 Å². The lowest BCUT2D eigenvalue weighted by Gasteiger charge is -2.38. The molecule has 0 spiro atoms. The molecular formula is C20H33N. The van der Waals surface area contributed by atoms with E-state index in [9.17, 15) is 0 Å². The van der Waals surface area contributed by atoms with Gasteiger partial charge in [0.15, 0.2) is 0 Å². The van der Waals surface area contributed by atoms with E-state index in [1.165, 1.54) is 56.2 Å². The SMILES string of the molecule is Cc1ccc(C)c(CC2(CNCC(C)C)CCCCC2)c1. The number of hydrogen-bond acceptors (Lipinski definition) is 1. The van der Waals surface area contributed by atoms with Gasteiger partial charge in [-0.3, -0.25) is 0 Å². The Morgan fingerprint density at radius 1 is 1.10 bits per heavy atom. The summed E-state index contributed by atoms with van der Waals surface area (Å²) in [4.78, 5) is 0. The largest absolute Gasteiger partial charge is 0.316 e. The second kappa shape index (κ2) is 7.45. The van der Waals surface area contributed by atoms with Crippen molar-refractivity contribution >= 4 is 0 Å². The van der Waals surface area contributed by atoms with Crippen LogP contribution in [0.4, 0.5) is 0 Å². The highest BCUT2D eigenvalue weighted by Crippen LogP contribution is 2.39. The Hall–Kier alpha value is -0.820. The summed E-state index contributed by atoms with van der Waals surface area (Å²) in [6.45, 7) is 11.4. The van der Waals surface area contributed by atoms with Crippen LogP contribution in [-0.2, 0) is 6.42 Å². The van der Waals surface area contributed by atoms with Gasteiger partial charge in [0.1, 0.15) is 0 Å². The summed E-state index contributed by atoms with van der Waals surface area (Å²) in [7, 11) is 0. The van der Waals surface area contributed by atoms with Gasteiger partial charge in [-0.25, -0.2) is 0 Å². The van der Waals surface area contributed by atoms with Crippen LogP contribution in [0, 0.1) is 25.2 Å². The predicted octanol–water partition coefficient (Wildman–Crippen LogP) is 5.04. The first-order valence-corrected chi connectivity index (χ1v) is 8.78. The molecule has 0 unspecified atom stereocenters. The lowest BCUT2D eigenvalue weighted by atomic mass is 9.69. The maximum atomic E-state index is 3.75. The molecule has 1 heteroatoms. The summed E-state index contributed by atoms with van der Waals surface area (Å²) in [5.74, 6) is 0.742. The van der Waals surface area contributed by atoms with Crippen LogP contribution >= 0.6 is 0 Å². The van der Waals surface area contributed by atoms with Crippen LogP contribution < -0.4 is 5.32 Å². The third kappa shape index (κ3) is 4.85. The van der Waals surface area contributed by atoms with Gasteiger partial charge in [0.25, 0.3) is 0 Å². The first-order chi connectivity index (χ1) is 10.0. The molecule has 0 aliphatic heterocycles. The van der Waals surface area contributed by atoms with Crippen LogP contribution in [0.25, 0.3) is 0 Å². The van der Waals surface area contributed by atoms with Gasteiger partial charge < -0.3 is 5.32 Å². The zero-order chi connectivity index (χ0) is 15.3. The predicted molar refractivity (Wildman–Crippen MR) is 92.8 cm³/mol. The van der Waals surface area contributed by atoms with E-state index >= 15 is 0 Å². The molecule has 1 aromatic carbocycles. The molecule has 0 amide bonds. The second-order valence-electron chi connectivity index (χ2n) is 7.69. The van der Waals surface area contributed by atoms with Crippen LogP contribution in [0.2, 0.25) is 0 Å².